The van der Waals surface area contributed by atoms with Gasteiger partial charge in [0.05, 0.1) is 23.7 Å². The summed E-state index contributed by atoms with van der Waals surface area (Å²) in [5, 5.41) is 5.17. The lowest BCUT2D eigenvalue weighted by atomic mass is 9.85. The van der Waals surface area contributed by atoms with Gasteiger partial charge in [0, 0.05) is 18.7 Å². The number of allylic oxidation sites excluding steroid dienone is 2. The van der Waals surface area contributed by atoms with Crippen molar-refractivity contribution in [3.05, 3.63) is 41.2 Å². The van der Waals surface area contributed by atoms with Crippen molar-refractivity contribution in [2.75, 3.05) is 18.0 Å². The topological polar surface area (TPSA) is 53.0 Å². The number of rotatable bonds is 3. The Labute approximate surface area is 157 Å². The molecule has 2 saturated heterocycles. The summed E-state index contributed by atoms with van der Waals surface area (Å²) in [7, 11) is 0. The van der Waals surface area contributed by atoms with Crippen LogP contribution in [0, 0.1) is 36.4 Å². The van der Waals surface area contributed by atoms with Crippen LogP contribution < -0.4 is 4.90 Å². The van der Waals surface area contributed by atoms with E-state index in [-0.39, 0.29) is 41.3 Å². The van der Waals surface area contributed by atoms with Gasteiger partial charge < -0.3 is 4.90 Å². The van der Waals surface area contributed by atoms with Crippen LogP contribution in [0.15, 0.2) is 29.4 Å². The number of aryl methyl sites for hydroxylation is 1. The summed E-state index contributed by atoms with van der Waals surface area (Å²) in [5.41, 5.74) is 2.09. The van der Waals surface area contributed by atoms with Gasteiger partial charge in [-0.05, 0) is 55.7 Å². The van der Waals surface area contributed by atoms with E-state index in [9.17, 15) is 14.0 Å². The van der Waals surface area contributed by atoms with Crippen molar-refractivity contribution < 1.29 is 14.0 Å². The molecule has 2 amide bonds. The number of amides is 2. The molecule has 5 nitrogen and oxygen atoms in total. The Morgan fingerprint density at radius 3 is 2.33 bits per heavy atom. The Balaban J connectivity index is 1.39. The zero-order valence-corrected chi connectivity index (χ0v) is 15.3. The summed E-state index contributed by atoms with van der Waals surface area (Å²) < 4.78 is 14.6. The number of carbonyl (C=O) groups is 2. The summed E-state index contributed by atoms with van der Waals surface area (Å²) in [6, 6.07) is 3.28. The van der Waals surface area contributed by atoms with E-state index in [1.807, 2.05) is 13.0 Å². The van der Waals surface area contributed by atoms with Crippen LogP contribution in [0.2, 0.25) is 0 Å². The lowest BCUT2D eigenvalue weighted by Crippen LogP contribution is -2.28. The van der Waals surface area contributed by atoms with Crippen LogP contribution >= 0.6 is 0 Å². The zero-order valence-electron chi connectivity index (χ0n) is 15.3. The van der Waals surface area contributed by atoms with Gasteiger partial charge >= 0.3 is 0 Å². The molecule has 0 N–H and O–H groups in total. The molecule has 2 heterocycles. The van der Waals surface area contributed by atoms with Crippen LogP contribution in [0.25, 0.3) is 0 Å². The smallest absolute Gasteiger partial charge is 0.254 e. The first-order valence-corrected chi connectivity index (χ1v) is 9.70. The fourth-order valence-corrected chi connectivity index (χ4v) is 5.14. The molecule has 5 rings (SSSR count). The van der Waals surface area contributed by atoms with Crippen LogP contribution in [-0.2, 0) is 9.59 Å². The molecule has 1 aromatic carbocycles. The largest absolute Gasteiger partial charge is 0.369 e. The molecule has 0 spiro atoms. The van der Waals surface area contributed by atoms with Gasteiger partial charge in [-0.25, -0.2) is 4.39 Å². The molecule has 0 radical (unpaired) electrons. The number of hydrogen-bond donors (Lipinski definition) is 0. The Morgan fingerprint density at radius 2 is 1.70 bits per heavy atom. The minimum absolute atomic E-state index is 0.163. The number of fused-ring (bicyclic) bond motifs is 5. The second kappa shape index (κ2) is 6.01. The molecule has 27 heavy (non-hydrogen) atoms. The Morgan fingerprint density at radius 1 is 1.07 bits per heavy atom. The number of hydrogen-bond acceptors (Lipinski definition) is 4. The lowest BCUT2D eigenvalue weighted by molar-refractivity contribution is -0.140. The quantitative estimate of drug-likeness (QED) is 0.469. The molecule has 0 aromatic heterocycles. The van der Waals surface area contributed by atoms with Crippen LogP contribution in [0.3, 0.4) is 0 Å². The average molecular weight is 367 g/mol. The van der Waals surface area contributed by atoms with E-state index < -0.39 is 0 Å². The van der Waals surface area contributed by atoms with Crippen molar-refractivity contribution in [1.29, 1.82) is 0 Å². The van der Waals surface area contributed by atoms with Gasteiger partial charge in [0.25, 0.3) is 11.8 Å². The molecule has 4 aliphatic rings. The predicted molar refractivity (Wildman–Crippen MR) is 99.7 cm³/mol. The average Bonchev–Trinajstić information content (AvgIpc) is 3.42. The highest BCUT2D eigenvalue weighted by atomic mass is 19.1. The van der Waals surface area contributed by atoms with Crippen molar-refractivity contribution in [3.8, 4) is 0 Å². The van der Waals surface area contributed by atoms with Crippen LogP contribution in [0.4, 0.5) is 10.1 Å². The van der Waals surface area contributed by atoms with Crippen molar-refractivity contribution in [3.63, 3.8) is 0 Å². The molecule has 4 unspecified atom stereocenters. The highest BCUT2D eigenvalue weighted by Crippen LogP contribution is 2.52. The maximum Gasteiger partial charge on any atom is 0.254 e. The van der Waals surface area contributed by atoms with Crippen LogP contribution in [-0.4, -0.2) is 36.1 Å². The maximum atomic E-state index is 14.6. The second-order valence-corrected chi connectivity index (χ2v) is 8.09. The SMILES string of the molecule is Cc1cc(N2CCCC2)c(F)cc1C=NN1C(=O)C2C3C=CC(C3)C2C1=O. The highest BCUT2D eigenvalue weighted by molar-refractivity contribution is 6.06. The first-order valence-electron chi connectivity index (χ1n) is 9.70. The number of hydrazone groups is 1. The van der Waals surface area contributed by atoms with E-state index in [1.165, 1.54) is 12.3 Å². The zero-order chi connectivity index (χ0) is 18.7. The highest BCUT2D eigenvalue weighted by Gasteiger charge is 2.59. The minimum Gasteiger partial charge on any atom is -0.369 e. The maximum absolute atomic E-state index is 14.6. The number of halogens is 1. The van der Waals surface area contributed by atoms with Crippen LogP contribution in [0.5, 0.6) is 0 Å². The lowest BCUT2D eigenvalue weighted by Gasteiger charge is -2.19. The summed E-state index contributed by atoms with van der Waals surface area (Å²) in [5.74, 6) is -0.928. The summed E-state index contributed by atoms with van der Waals surface area (Å²) in [4.78, 5) is 27.4. The number of carbonyl (C=O) groups excluding carboxylic acids is 2. The normalized spacial score (nSPS) is 31.8. The van der Waals surface area contributed by atoms with Gasteiger partial charge in [0.15, 0.2) is 0 Å². The summed E-state index contributed by atoms with van der Waals surface area (Å²) >= 11 is 0. The first-order chi connectivity index (χ1) is 13.0. The third kappa shape index (κ3) is 2.46. The van der Waals surface area contributed by atoms with Gasteiger partial charge in [0.2, 0.25) is 0 Å². The standard InChI is InChI=1S/C21H22FN3O2/c1-12-8-17(24-6-2-3-7-24)16(22)10-15(12)11-23-25-20(26)18-13-4-5-14(9-13)19(18)21(25)27/h4-5,8,10-11,13-14,18-19H,2-3,6-7,9H2,1H3. The Bertz CT molecular complexity index is 858. The Kier molecular flexibility index (Phi) is 3.71. The van der Waals surface area contributed by atoms with Gasteiger partial charge in [-0.2, -0.15) is 10.1 Å². The van der Waals surface area contributed by atoms with E-state index >= 15 is 0 Å². The van der Waals surface area contributed by atoms with E-state index in [2.05, 4.69) is 22.2 Å². The molecular weight excluding hydrogens is 345 g/mol. The summed E-state index contributed by atoms with van der Waals surface area (Å²) in [6.45, 7) is 3.65. The van der Waals surface area contributed by atoms with Crippen molar-refractivity contribution in [2.24, 2.45) is 28.8 Å². The number of imide groups is 1. The van der Waals surface area contributed by atoms with Crippen molar-refractivity contribution in [2.45, 2.75) is 26.2 Å². The van der Waals surface area contributed by atoms with Gasteiger partial charge in [-0.15, -0.1) is 0 Å². The predicted octanol–water partition coefficient (Wildman–Crippen LogP) is 2.88. The molecule has 140 valence electrons. The third-order valence-corrected chi connectivity index (χ3v) is 6.54. The number of anilines is 1. The number of benzene rings is 1. The molecule has 4 atom stereocenters. The van der Waals surface area contributed by atoms with Gasteiger partial charge in [-0.1, -0.05) is 12.2 Å². The Hall–Kier alpha value is -2.50. The van der Waals surface area contributed by atoms with Crippen molar-refractivity contribution in [1.82, 2.24) is 5.01 Å². The molecule has 1 saturated carbocycles. The summed E-state index contributed by atoms with van der Waals surface area (Å²) in [6.07, 6.45) is 8.62. The monoisotopic (exact) mass is 367 g/mol. The van der Waals surface area contributed by atoms with Gasteiger partial charge in [0.1, 0.15) is 5.82 Å². The van der Waals surface area contributed by atoms with E-state index in [0.29, 0.717) is 11.3 Å². The molecule has 1 aromatic rings. The second-order valence-electron chi connectivity index (χ2n) is 8.09. The van der Waals surface area contributed by atoms with E-state index in [0.717, 1.165) is 42.9 Å². The number of nitrogens with zero attached hydrogens (tertiary/aromatic N) is 3. The van der Waals surface area contributed by atoms with Gasteiger partial charge in [-0.3, -0.25) is 9.59 Å². The fraction of sp³-hybridized carbons (Fsp3) is 0.476. The molecule has 3 fully saturated rings. The minimum atomic E-state index is -0.290. The molecule has 6 heteroatoms. The molecule has 2 aliphatic carbocycles. The first kappa shape index (κ1) is 16.7. The fourth-order valence-electron chi connectivity index (χ4n) is 5.14. The van der Waals surface area contributed by atoms with Crippen LogP contribution in [0.1, 0.15) is 30.4 Å². The van der Waals surface area contributed by atoms with Crippen molar-refractivity contribution >= 4 is 23.7 Å². The van der Waals surface area contributed by atoms with E-state index in [1.54, 1.807) is 0 Å². The molecule has 2 bridgehead atoms. The molecular formula is C21H22FN3O2. The molecule has 2 aliphatic heterocycles. The van der Waals surface area contributed by atoms with E-state index in [4.69, 9.17) is 0 Å². The third-order valence-electron chi connectivity index (χ3n) is 6.54.